The summed E-state index contributed by atoms with van der Waals surface area (Å²) in [6, 6.07) is -0.517. The molecule has 13 heavy (non-hydrogen) atoms. The first kappa shape index (κ1) is 12.4. The van der Waals surface area contributed by atoms with Crippen LogP contribution in [0.4, 0.5) is 0 Å². The first-order chi connectivity index (χ1) is 6.17. The number of hydrogen-bond acceptors (Lipinski definition) is 3. The standard InChI is InChI=1S/C9H20N2O2/c1-4-6-11(5-2)9(12)8(10)7-13-3/h8H,4-7,10H2,1-3H3. The van der Waals surface area contributed by atoms with Crippen molar-refractivity contribution in [2.45, 2.75) is 26.3 Å². The molecule has 0 aromatic heterocycles. The van der Waals surface area contributed by atoms with Crippen molar-refractivity contribution in [1.29, 1.82) is 0 Å². The van der Waals surface area contributed by atoms with E-state index in [2.05, 4.69) is 0 Å². The third-order valence-electron chi connectivity index (χ3n) is 1.85. The number of hydrogen-bond donors (Lipinski definition) is 1. The summed E-state index contributed by atoms with van der Waals surface area (Å²) in [6.07, 6.45) is 0.958. The highest BCUT2D eigenvalue weighted by Gasteiger charge is 2.18. The lowest BCUT2D eigenvalue weighted by atomic mass is 10.2. The van der Waals surface area contributed by atoms with E-state index in [0.29, 0.717) is 13.2 Å². The average molecular weight is 188 g/mol. The lowest BCUT2D eigenvalue weighted by Gasteiger charge is -2.23. The van der Waals surface area contributed by atoms with Gasteiger partial charge < -0.3 is 15.4 Å². The molecule has 0 fully saturated rings. The summed E-state index contributed by atoms with van der Waals surface area (Å²) in [5.74, 6) is -0.0220. The van der Waals surface area contributed by atoms with Crippen molar-refractivity contribution in [3.8, 4) is 0 Å². The molecule has 4 heteroatoms. The number of nitrogens with zero attached hydrogens (tertiary/aromatic N) is 1. The summed E-state index contributed by atoms with van der Waals surface area (Å²) < 4.78 is 4.83. The van der Waals surface area contributed by atoms with Crippen LogP contribution in [0.15, 0.2) is 0 Å². The smallest absolute Gasteiger partial charge is 0.241 e. The molecular formula is C9H20N2O2. The first-order valence-corrected chi connectivity index (χ1v) is 4.70. The molecule has 78 valence electrons. The van der Waals surface area contributed by atoms with E-state index in [1.54, 1.807) is 12.0 Å². The van der Waals surface area contributed by atoms with Crippen LogP contribution in [-0.4, -0.2) is 43.7 Å². The molecule has 0 aliphatic carbocycles. The van der Waals surface area contributed by atoms with Gasteiger partial charge in [0, 0.05) is 20.2 Å². The van der Waals surface area contributed by atoms with Gasteiger partial charge in [-0.2, -0.15) is 0 Å². The fraction of sp³-hybridized carbons (Fsp3) is 0.889. The molecule has 1 atom stereocenters. The minimum Gasteiger partial charge on any atom is -0.383 e. The molecule has 0 radical (unpaired) electrons. The normalized spacial score (nSPS) is 12.6. The van der Waals surface area contributed by atoms with Crippen molar-refractivity contribution in [2.75, 3.05) is 26.8 Å². The Balaban J connectivity index is 4.02. The van der Waals surface area contributed by atoms with Crippen molar-refractivity contribution < 1.29 is 9.53 Å². The number of nitrogens with two attached hydrogens (primary N) is 1. The van der Waals surface area contributed by atoms with Gasteiger partial charge in [-0.25, -0.2) is 0 Å². The zero-order valence-electron chi connectivity index (χ0n) is 8.75. The predicted octanol–water partition coefficient (Wildman–Crippen LogP) is 0.219. The molecule has 0 saturated heterocycles. The van der Waals surface area contributed by atoms with E-state index in [0.717, 1.165) is 13.0 Å². The third-order valence-corrected chi connectivity index (χ3v) is 1.85. The van der Waals surface area contributed by atoms with Crippen LogP contribution in [0.25, 0.3) is 0 Å². The number of ether oxygens (including phenoxy) is 1. The number of amides is 1. The summed E-state index contributed by atoms with van der Waals surface area (Å²) in [4.78, 5) is 13.3. The number of rotatable bonds is 6. The maximum Gasteiger partial charge on any atom is 0.241 e. The van der Waals surface area contributed by atoms with Crippen LogP contribution in [0.2, 0.25) is 0 Å². The van der Waals surface area contributed by atoms with Gasteiger partial charge in [0.1, 0.15) is 6.04 Å². The summed E-state index contributed by atoms with van der Waals surface area (Å²) in [5, 5.41) is 0. The molecule has 0 aliphatic rings. The Morgan fingerprint density at radius 1 is 1.54 bits per heavy atom. The zero-order valence-corrected chi connectivity index (χ0v) is 8.75. The highest BCUT2D eigenvalue weighted by Crippen LogP contribution is 1.95. The second-order valence-corrected chi connectivity index (χ2v) is 2.98. The Hall–Kier alpha value is -0.610. The van der Waals surface area contributed by atoms with Crippen molar-refractivity contribution in [1.82, 2.24) is 4.90 Å². The van der Waals surface area contributed by atoms with Gasteiger partial charge in [0.05, 0.1) is 6.61 Å². The van der Waals surface area contributed by atoms with Gasteiger partial charge in [-0.05, 0) is 13.3 Å². The van der Waals surface area contributed by atoms with E-state index in [4.69, 9.17) is 10.5 Å². The maximum atomic E-state index is 11.6. The van der Waals surface area contributed by atoms with E-state index in [1.807, 2.05) is 13.8 Å². The molecule has 0 spiro atoms. The Labute approximate surface area is 80.0 Å². The molecule has 0 aromatic rings. The van der Waals surface area contributed by atoms with Crippen LogP contribution < -0.4 is 5.73 Å². The highest BCUT2D eigenvalue weighted by atomic mass is 16.5. The summed E-state index contributed by atoms with van der Waals surface area (Å²) in [6.45, 7) is 5.76. The van der Waals surface area contributed by atoms with Crippen molar-refractivity contribution in [2.24, 2.45) is 5.73 Å². The van der Waals surface area contributed by atoms with Gasteiger partial charge >= 0.3 is 0 Å². The van der Waals surface area contributed by atoms with E-state index in [1.165, 1.54) is 0 Å². The first-order valence-electron chi connectivity index (χ1n) is 4.70. The Kier molecular flexibility index (Phi) is 6.54. The zero-order chi connectivity index (χ0) is 10.3. The van der Waals surface area contributed by atoms with Crippen molar-refractivity contribution >= 4 is 5.91 Å². The van der Waals surface area contributed by atoms with Gasteiger partial charge in [0.2, 0.25) is 5.91 Å². The monoisotopic (exact) mass is 188 g/mol. The molecule has 4 nitrogen and oxygen atoms in total. The van der Waals surface area contributed by atoms with Gasteiger partial charge in [0.15, 0.2) is 0 Å². The Morgan fingerprint density at radius 2 is 2.15 bits per heavy atom. The van der Waals surface area contributed by atoms with Crippen LogP contribution in [0, 0.1) is 0 Å². The fourth-order valence-corrected chi connectivity index (χ4v) is 1.18. The van der Waals surface area contributed by atoms with E-state index in [-0.39, 0.29) is 5.91 Å². The molecule has 0 bridgehead atoms. The summed E-state index contributed by atoms with van der Waals surface area (Å²) in [5.41, 5.74) is 5.62. The van der Waals surface area contributed by atoms with E-state index >= 15 is 0 Å². The highest BCUT2D eigenvalue weighted by molar-refractivity contribution is 5.81. The molecule has 0 rings (SSSR count). The van der Waals surface area contributed by atoms with Gasteiger partial charge in [-0.15, -0.1) is 0 Å². The molecule has 0 aliphatic heterocycles. The predicted molar refractivity (Wildman–Crippen MR) is 52.4 cm³/mol. The van der Waals surface area contributed by atoms with Crippen LogP contribution in [-0.2, 0) is 9.53 Å². The molecule has 2 N–H and O–H groups in total. The van der Waals surface area contributed by atoms with Crippen molar-refractivity contribution in [3.05, 3.63) is 0 Å². The van der Waals surface area contributed by atoms with Crippen molar-refractivity contribution in [3.63, 3.8) is 0 Å². The van der Waals surface area contributed by atoms with Crippen LogP contribution in [0.5, 0.6) is 0 Å². The molecule has 1 unspecified atom stereocenters. The van der Waals surface area contributed by atoms with Crippen LogP contribution in [0.3, 0.4) is 0 Å². The SMILES string of the molecule is CCCN(CC)C(=O)C(N)COC. The molecule has 0 aromatic carbocycles. The molecule has 0 heterocycles. The minimum absolute atomic E-state index is 0.0220. The van der Waals surface area contributed by atoms with Crippen LogP contribution >= 0.6 is 0 Å². The van der Waals surface area contributed by atoms with Gasteiger partial charge in [-0.3, -0.25) is 4.79 Å². The topological polar surface area (TPSA) is 55.6 Å². The molecule has 1 amide bonds. The number of likely N-dealkylation sites (N-methyl/N-ethyl adjacent to an activating group) is 1. The maximum absolute atomic E-state index is 11.6. The minimum atomic E-state index is -0.517. The Bertz CT molecular complexity index is 151. The van der Waals surface area contributed by atoms with Gasteiger partial charge in [-0.1, -0.05) is 6.92 Å². The molecule has 0 saturated carbocycles. The summed E-state index contributed by atoms with van der Waals surface area (Å²) in [7, 11) is 1.54. The van der Waals surface area contributed by atoms with E-state index < -0.39 is 6.04 Å². The number of carbonyl (C=O) groups is 1. The average Bonchev–Trinajstić information content (AvgIpc) is 2.13. The second kappa shape index (κ2) is 6.86. The number of carbonyl (C=O) groups excluding carboxylic acids is 1. The lowest BCUT2D eigenvalue weighted by molar-refractivity contribution is -0.133. The number of methoxy groups -OCH3 is 1. The fourth-order valence-electron chi connectivity index (χ4n) is 1.18. The quantitative estimate of drug-likeness (QED) is 0.648. The lowest BCUT2D eigenvalue weighted by Crippen LogP contribution is -2.46. The van der Waals surface area contributed by atoms with E-state index in [9.17, 15) is 4.79 Å². The van der Waals surface area contributed by atoms with Gasteiger partial charge in [0.25, 0.3) is 0 Å². The second-order valence-electron chi connectivity index (χ2n) is 2.98. The molecular weight excluding hydrogens is 168 g/mol. The Morgan fingerprint density at radius 3 is 2.54 bits per heavy atom. The third kappa shape index (κ3) is 4.24. The van der Waals surface area contributed by atoms with Crippen LogP contribution in [0.1, 0.15) is 20.3 Å². The largest absolute Gasteiger partial charge is 0.383 e. The summed E-state index contributed by atoms with van der Waals surface area (Å²) >= 11 is 0.